The number of anilines is 1. The maximum atomic E-state index is 14.5. The van der Waals surface area contributed by atoms with Crippen LogP contribution in [0.5, 0.6) is 0 Å². The summed E-state index contributed by atoms with van der Waals surface area (Å²) in [6, 6.07) is 5.39. The minimum Gasteiger partial charge on any atom is -0.352 e. The van der Waals surface area contributed by atoms with Crippen LogP contribution in [-0.4, -0.2) is 28.5 Å². The Kier molecular flexibility index (Phi) is 8.11. The second-order valence-electron chi connectivity index (χ2n) is 10.4. The van der Waals surface area contributed by atoms with Crippen molar-refractivity contribution in [1.29, 1.82) is 0 Å². The topological polar surface area (TPSA) is 61.3 Å². The van der Waals surface area contributed by atoms with Gasteiger partial charge in [-0.1, -0.05) is 31.0 Å². The Morgan fingerprint density at radius 2 is 1.73 bits per heavy atom. The van der Waals surface area contributed by atoms with Crippen LogP contribution in [0.3, 0.4) is 0 Å². The van der Waals surface area contributed by atoms with Gasteiger partial charge in [-0.3, -0.25) is 4.98 Å². The van der Waals surface area contributed by atoms with Crippen LogP contribution in [0.4, 0.5) is 32.0 Å². The monoisotopic (exact) mass is 583 g/mol. The van der Waals surface area contributed by atoms with Gasteiger partial charge in [-0.2, -0.15) is 26.3 Å². The highest BCUT2D eigenvalue weighted by atomic mass is 32.2. The average Bonchev–Trinajstić information content (AvgIpc) is 3.15. The van der Waals surface area contributed by atoms with Crippen molar-refractivity contribution in [3.05, 3.63) is 70.2 Å². The van der Waals surface area contributed by atoms with Crippen LogP contribution in [0.1, 0.15) is 67.3 Å². The summed E-state index contributed by atoms with van der Waals surface area (Å²) in [7, 11) is 0. The largest absolute Gasteiger partial charge is 0.418 e. The molecule has 0 radical (unpaired) electrons. The molecule has 1 aromatic carbocycles. The first-order valence-electron chi connectivity index (χ1n) is 13.4. The van der Waals surface area contributed by atoms with Gasteiger partial charge in [0.1, 0.15) is 5.69 Å². The maximum absolute atomic E-state index is 14.5. The molecule has 1 fully saturated rings. The summed E-state index contributed by atoms with van der Waals surface area (Å²) in [6.07, 6.45) is -1.81. The van der Waals surface area contributed by atoms with E-state index in [1.54, 1.807) is 0 Å². The van der Waals surface area contributed by atoms with E-state index < -0.39 is 29.1 Å². The predicted octanol–water partition coefficient (Wildman–Crippen LogP) is 7.36. The van der Waals surface area contributed by atoms with Gasteiger partial charge in [-0.25, -0.2) is 4.99 Å². The van der Waals surface area contributed by atoms with E-state index in [0.29, 0.717) is 36.7 Å². The van der Waals surface area contributed by atoms with Gasteiger partial charge in [0.05, 0.1) is 11.1 Å². The van der Waals surface area contributed by atoms with E-state index >= 15 is 0 Å². The number of alkyl halides is 6. The number of nitrogens with one attached hydrogen (secondary N) is 3. The lowest BCUT2D eigenvalue weighted by Crippen LogP contribution is -2.46. The minimum atomic E-state index is -4.73. The highest BCUT2D eigenvalue weighted by molar-refractivity contribution is 8.14. The Morgan fingerprint density at radius 3 is 2.42 bits per heavy atom. The molecular formula is C28H31F6N5S. The fourth-order valence-corrected chi connectivity index (χ4v) is 6.88. The summed E-state index contributed by atoms with van der Waals surface area (Å²) in [5, 5.41) is 10.7. The van der Waals surface area contributed by atoms with E-state index in [-0.39, 0.29) is 22.2 Å². The van der Waals surface area contributed by atoms with Crippen LogP contribution < -0.4 is 16.0 Å². The molecule has 0 amide bonds. The zero-order valence-corrected chi connectivity index (χ0v) is 22.8. The number of thioether (sulfide) groups is 1. The maximum Gasteiger partial charge on any atom is 0.418 e. The number of hydrogen-bond acceptors (Lipinski definition) is 6. The predicted molar refractivity (Wildman–Crippen MR) is 145 cm³/mol. The lowest BCUT2D eigenvalue weighted by Gasteiger charge is -2.41. The van der Waals surface area contributed by atoms with E-state index in [0.717, 1.165) is 56.0 Å². The Labute approximate surface area is 233 Å². The van der Waals surface area contributed by atoms with Gasteiger partial charge in [0.2, 0.25) is 0 Å². The van der Waals surface area contributed by atoms with Crippen LogP contribution in [0, 0.1) is 6.92 Å². The van der Waals surface area contributed by atoms with Gasteiger partial charge in [0.25, 0.3) is 0 Å². The van der Waals surface area contributed by atoms with Crippen molar-refractivity contribution in [2.75, 3.05) is 18.4 Å². The van der Waals surface area contributed by atoms with Crippen molar-refractivity contribution in [2.45, 2.75) is 75.1 Å². The highest BCUT2D eigenvalue weighted by Crippen LogP contribution is 2.47. The molecule has 3 heterocycles. The summed E-state index contributed by atoms with van der Waals surface area (Å²) in [6.45, 7) is 2.63. The number of aromatic nitrogens is 1. The molecule has 1 saturated carbocycles. The zero-order valence-electron chi connectivity index (χ0n) is 22.0. The number of nitrogens with zero attached hydrogens (tertiary/aromatic N) is 2. The summed E-state index contributed by atoms with van der Waals surface area (Å²) in [4.78, 5) is 9.24. The number of benzene rings is 1. The molecule has 1 aliphatic carbocycles. The summed E-state index contributed by atoms with van der Waals surface area (Å²) in [5.41, 5.74) is -2.03. The van der Waals surface area contributed by atoms with Crippen molar-refractivity contribution in [1.82, 2.24) is 15.6 Å². The highest BCUT2D eigenvalue weighted by Gasteiger charge is 2.49. The standard InChI is InChI=1S/C28H31F6N5S/c1-17-16-18(27(29,30)31)9-10-22(17)38-26(24-21(28(32,33)34)8-5-13-36-24)20-11-14-35-15-12-23(20)37-25(39-26)40-19-6-3-2-4-7-19/h5,8-10,13,16,19,35,38H,2-4,6-7,11-12,14-15H2,1H3,(H,37,39). The first-order valence-corrected chi connectivity index (χ1v) is 14.3. The van der Waals surface area contributed by atoms with Crippen LogP contribution in [0.2, 0.25) is 0 Å². The molecule has 0 spiro atoms. The Hall–Kier alpha value is -2.73. The fourth-order valence-electron chi connectivity index (χ4n) is 5.62. The third kappa shape index (κ3) is 5.97. The van der Waals surface area contributed by atoms with Crippen molar-refractivity contribution in [2.24, 2.45) is 4.99 Å². The third-order valence-corrected chi connectivity index (χ3v) is 8.81. The number of aliphatic imine (C=N–C) groups is 1. The molecule has 216 valence electrons. The van der Waals surface area contributed by atoms with E-state index in [1.807, 2.05) is 0 Å². The molecule has 1 aromatic heterocycles. The van der Waals surface area contributed by atoms with Gasteiger partial charge < -0.3 is 16.0 Å². The zero-order chi connectivity index (χ0) is 28.5. The van der Waals surface area contributed by atoms with Crippen LogP contribution in [0.15, 0.2) is 52.8 Å². The Morgan fingerprint density at radius 1 is 0.975 bits per heavy atom. The molecule has 1 unspecified atom stereocenters. The van der Waals surface area contributed by atoms with Crippen LogP contribution in [0.25, 0.3) is 0 Å². The molecular weight excluding hydrogens is 552 g/mol. The molecule has 12 heteroatoms. The van der Waals surface area contributed by atoms with E-state index in [4.69, 9.17) is 4.99 Å². The van der Waals surface area contributed by atoms with Gasteiger partial charge in [-0.05, 0) is 68.6 Å². The fraction of sp³-hybridized carbons (Fsp3) is 0.500. The number of rotatable bonds is 4. The van der Waals surface area contributed by atoms with Gasteiger partial charge >= 0.3 is 12.4 Å². The first-order chi connectivity index (χ1) is 19.0. The quantitative estimate of drug-likeness (QED) is 0.329. The smallest absolute Gasteiger partial charge is 0.352 e. The van der Waals surface area contributed by atoms with E-state index in [9.17, 15) is 26.3 Å². The summed E-state index contributed by atoms with van der Waals surface area (Å²) >= 11 is 1.52. The Bertz CT molecular complexity index is 1300. The van der Waals surface area contributed by atoms with Crippen LogP contribution in [-0.2, 0) is 18.0 Å². The first kappa shape index (κ1) is 28.8. The SMILES string of the molecule is Cc1cc(C(F)(F)F)ccc1NC1(c2ncccc2C(F)(F)F)N=C(SC2CCCCC2)NC2=C1CCNCC2. The van der Waals surface area contributed by atoms with Crippen molar-refractivity contribution in [3.8, 4) is 0 Å². The number of amidine groups is 1. The van der Waals surface area contributed by atoms with E-state index in [2.05, 4.69) is 20.9 Å². The molecule has 40 heavy (non-hydrogen) atoms. The molecule has 5 nitrogen and oxygen atoms in total. The average molecular weight is 584 g/mol. The number of aryl methyl sites for hydroxylation is 1. The number of halogens is 6. The molecule has 5 rings (SSSR count). The molecule has 0 bridgehead atoms. The van der Waals surface area contributed by atoms with E-state index in [1.165, 1.54) is 37.0 Å². The van der Waals surface area contributed by atoms with Gasteiger partial charge in [0.15, 0.2) is 10.8 Å². The molecule has 0 saturated heterocycles. The minimum absolute atomic E-state index is 0.239. The second-order valence-corrected chi connectivity index (χ2v) is 11.7. The molecule has 3 aliphatic rings. The normalized spacial score (nSPS) is 22.7. The van der Waals surface area contributed by atoms with Crippen LogP contribution >= 0.6 is 11.8 Å². The number of pyridine rings is 1. The third-order valence-electron chi connectivity index (χ3n) is 7.59. The van der Waals surface area contributed by atoms with Crippen molar-refractivity contribution in [3.63, 3.8) is 0 Å². The molecule has 2 aromatic rings. The lowest BCUT2D eigenvalue weighted by atomic mass is 9.86. The second kappa shape index (κ2) is 11.3. The summed E-state index contributed by atoms with van der Waals surface area (Å²) < 4.78 is 83.6. The van der Waals surface area contributed by atoms with Crippen molar-refractivity contribution < 1.29 is 26.3 Å². The van der Waals surface area contributed by atoms with Gasteiger partial charge in [0, 0.05) is 41.4 Å². The Balaban J connectivity index is 1.71. The molecule has 1 atom stereocenters. The van der Waals surface area contributed by atoms with Crippen molar-refractivity contribution >= 4 is 22.6 Å². The summed E-state index contributed by atoms with van der Waals surface area (Å²) in [5.74, 6) is 0. The molecule has 2 aliphatic heterocycles. The van der Waals surface area contributed by atoms with Gasteiger partial charge in [-0.15, -0.1) is 0 Å². The lowest BCUT2D eigenvalue weighted by molar-refractivity contribution is -0.139. The number of hydrogen-bond donors (Lipinski definition) is 3. The molecule has 3 N–H and O–H groups in total.